The number of amides is 1. The zero-order valence-corrected chi connectivity index (χ0v) is 9.45. The predicted molar refractivity (Wildman–Crippen MR) is 58.7 cm³/mol. The molecular formula is C10H18N4O. The molecule has 0 aromatic carbocycles. The Morgan fingerprint density at radius 1 is 1.53 bits per heavy atom. The van der Waals surface area contributed by atoms with Crippen molar-refractivity contribution < 1.29 is 4.79 Å². The number of nitrogens with one attached hydrogen (secondary N) is 2. The van der Waals surface area contributed by atoms with Gasteiger partial charge in [-0.15, -0.1) is 0 Å². The molecule has 0 aliphatic carbocycles. The van der Waals surface area contributed by atoms with Crippen LogP contribution in [-0.4, -0.2) is 34.8 Å². The Kier molecular flexibility index (Phi) is 4.30. The molecule has 0 unspecified atom stereocenters. The highest BCUT2D eigenvalue weighted by atomic mass is 16.2. The van der Waals surface area contributed by atoms with E-state index < -0.39 is 0 Å². The second kappa shape index (κ2) is 5.50. The minimum Gasteiger partial charge on any atom is -0.349 e. The molecule has 0 bridgehead atoms. The molecule has 0 radical (unpaired) electrons. The van der Waals surface area contributed by atoms with Crippen molar-refractivity contribution in [3.63, 3.8) is 0 Å². The average molecular weight is 210 g/mol. The van der Waals surface area contributed by atoms with Gasteiger partial charge in [-0.2, -0.15) is 5.10 Å². The summed E-state index contributed by atoms with van der Waals surface area (Å²) in [5, 5.41) is 9.98. The van der Waals surface area contributed by atoms with E-state index in [1.54, 1.807) is 24.0 Å². The minimum absolute atomic E-state index is 0.0828. The summed E-state index contributed by atoms with van der Waals surface area (Å²) in [5.41, 5.74) is 0.583. The Balaban J connectivity index is 2.28. The number of hydrogen-bond donors (Lipinski definition) is 2. The third kappa shape index (κ3) is 3.71. The Hall–Kier alpha value is -1.36. The summed E-state index contributed by atoms with van der Waals surface area (Å²) in [6.07, 6.45) is 1.61. The van der Waals surface area contributed by atoms with Crippen molar-refractivity contribution in [1.29, 1.82) is 0 Å². The van der Waals surface area contributed by atoms with Crippen molar-refractivity contribution in [3.8, 4) is 0 Å². The quantitative estimate of drug-likeness (QED) is 0.680. The molecule has 1 amide bonds. The van der Waals surface area contributed by atoms with Gasteiger partial charge >= 0.3 is 0 Å². The summed E-state index contributed by atoms with van der Waals surface area (Å²) in [7, 11) is 1.75. The first-order valence-corrected chi connectivity index (χ1v) is 5.11. The summed E-state index contributed by atoms with van der Waals surface area (Å²) < 4.78 is 1.56. The van der Waals surface area contributed by atoms with Gasteiger partial charge in [0.05, 0.1) is 0 Å². The Labute approximate surface area is 89.9 Å². The SMILES string of the molecule is CC(C)NCCNC(=O)c1ccnn1C. The molecule has 1 aromatic heterocycles. The Morgan fingerprint density at radius 3 is 2.80 bits per heavy atom. The van der Waals surface area contributed by atoms with Crippen LogP contribution in [0, 0.1) is 0 Å². The van der Waals surface area contributed by atoms with Crippen molar-refractivity contribution in [3.05, 3.63) is 18.0 Å². The molecule has 1 heterocycles. The third-order valence-electron chi connectivity index (χ3n) is 2.02. The van der Waals surface area contributed by atoms with Crippen molar-refractivity contribution in [2.45, 2.75) is 19.9 Å². The van der Waals surface area contributed by atoms with Crippen LogP contribution in [-0.2, 0) is 7.05 Å². The number of aromatic nitrogens is 2. The third-order valence-corrected chi connectivity index (χ3v) is 2.02. The number of nitrogens with zero attached hydrogens (tertiary/aromatic N) is 2. The van der Waals surface area contributed by atoms with E-state index in [9.17, 15) is 4.79 Å². The fourth-order valence-corrected chi connectivity index (χ4v) is 1.22. The normalized spacial score (nSPS) is 10.7. The van der Waals surface area contributed by atoms with E-state index in [-0.39, 0.29) is 5.91 Å². The van der Waals surface area contributed by atoms with Gasteiger partial charge in [0.2, 0.25) is 0 Å². The zero-order chi connectivity index (χ0) is 11.3. The van der Waals surface area contributed by atoms with Crippen LogP contribution in [0.5, 0.6) is 0 Å². The molecule has 0 saturated carbocycles. The maximum absolute atomic E-state index is 11.6. The second-order valence-corrected chi connectivity index (χ2v) is 3.70. The summed E-state index contributed by atoms with van der Waals surface area (Å²) in [4.78, 5) is 11.6. The lowest BCUT2D eigenvalue weighted by atomic mass is 10.4. The highest BCUT2D eigenvalue weighted by Gasteiger charge is 2.08. The van der Waals surface area contributed by atoms with Gasteiger partial charge in [-0.25, -0.2) is 0 Å². The van der Waals surface area contributed by atoms with Crippen LogP contribution in [0.2, 0.25) is 0 Å². The summed E-state index contributed by atoms with van der Waals surface area (Å²) in [6.45, 7) is 5.55. The van der Waals surface area contributed by atoms with Crippen LogP contribution in [0.4, 0.5) is 0 Å². The van der Waals surface area contributed by atoms with Crippen LogP contribution < -0.4 is 10.6 Å². The highest BCUT2D eigenvalue weighted by molar-refractivity contribution is 5.92. The molecule has 5 nitrogen and oxygen atoms in total. The molecule has 0 aliphatic heterocycles. The molecule has 0 aliphatic rings. The van der Waals surface area contributed by atoms with Gasteiger partial charge < -0.3 is 10.6 Å². The van der Waals surface area contributed by atoms with E-state index >= 15 is 0 Å². The summed E-state index contributed by atoms with van der Waals surface area (Å²) in [5.74, 6) is -0.0828. The maximum atomic E-state index is 11.6. The van der Waals surface area contributed by atoms with E-state index in [1.165, 1.54) is 0 Å². The number of rotatable bonds is 5. The van der Waals surface area contributed by atoms with E-state index in [1.807, 2.05) is 0 Å². The summed E-state index contributed by atoms with van der Waals surface area (Å²) in [6, 6.07) is 2.14. The van der Waals surface area contributed by atoms with Crippen molar-refractivity contribution >= 4 is 5.91 Å². The monoisotopic (exact) mass is 210 g/mol. The number of aryl methyl sites for hydroxylation is 1. The topological polar surface area (TPSA) is 58.9 Å². The first-order chi connectivity index (χ1) is 7.11. The smallest absolute Gasteiger partial charge is 0.269 e. The maximum Gasteiger partial charge on any atom is 0.269 e. The molecule has 1 rings (SSSR count). The molecule has 0 atom stereocenters. The molecule has 0 fully saturated rings. The molecule has 5 heteroatoms. The van der Waals surface area contributed by atoms with E-state index in [4.69, 9.17) is 0 Å². The van der Waals surface area contributed by atoms with Gasteiger partial charge in [0.25, 0.3) is 5.91 Å². The van der Waals surface area contributed by atoms with Crippen LogP contribution in [0.25, 0.3) is 0 Å². The molecule has 15 heavy (non-hydrogen) atoms. The molecule has 2 N–H and O–H groups in total. The molecular weight excluding hydrogens is 192 g/mol. The second-order valence-electron chi connectivity index (χ2n) is 3.70. The van der Waals surface area contributed by atoms with E-state index in [2.05, 4.69) is 29.6 Å². The number of carbonyl (C=O) groups excluding carboxylic acids is 1. The Bertz CT molecular complexity index is 319. The first-order valence-electron chi connectivity index (χ1n) is 5.11. The van der Waals surface area contributed by atoms with Gasteiger partial charge in [0.15, 0.2) is 0 Å². The van der Waals surface area contributed by atoms with Gasteiger partial charge in [-0.1, -0.05) is 13.8 Å². The van der Waals surface area contributed by atoms with E-state index in [0.29, 0.717) is 18.3 Å². The van der Waals surface area contributed by atoms with Crippen LogP contribution in [0.1, 0.15) is 24.3 Å². The van der Waals surface area contributed by atoms with Crippen molar-refractivity contribution in [2.75, 3.05) is 13.1 Å². The van der Waals surface area contributed by atoms with Crippen LogP contribution in [0.3, 0.4) is 0 Å². The first kappa shape index (κ1) is 11.7. The van der Waals surface area contributed by atoms with E-state index in [0.717, 1.165) is 6.54 Å². The highest BCUT2D eigenvalue weighted by Crippen LogP contribution is 1.94. The molecule has 1 aromatic rings. The van der Waals surface area contributed by atoms with Gasteiger partial charge in [-0.05, 0) is 6.07 Å². The molecule has 0 spiro atoms. The van der Waals surface area contributed by atoms with Gasteiger partial charge in [0, 0.05) is 32.4 Å². The molecule has 84 valence electrons. The Morgan fingerprint density at radius 2 is 2.27 bits per heavy atom. The van der Waals surface area contributed by atoms with Crippen molar-refractivity contribution in [2.24, 2.45) is 7.05 Å². The van der Waals surface area contributed by atoms with Crippen LogP contribution >= 0.6 is 0 Å². The van der Waals surface area contributed by atoms with Gasteiger partial charge in [0.1, 0.15) is 5.69 Å². The predicted octanol–water partition coefficient (Wildman–Crippen LogP) is 0.148. The lowest BCUT2D eigenvalue weighted by molar-refractivity contribution is 0.0944. The molecule has 0 saturated heterocycles. The van der Waals surface area contributed by atoms with Crippen molar-refractivity contribution in [1.82, 2.24) is 20.4 Å². The zero-order valence-electron chi connectivity index (χ0n) is 9.45. The largest absolute Gasteiger partial charge is 0.349 e. The fourth-order valence-electron chi connectivity index (χ4n) is 1.22. The standard InChI is InChI=1S/C10H18N4O/c1-8(2)11-6-7-12-10(15)9-4-5-13-14(9)3/h4-5,8,11H,6-7H2,1-3H3,(H,12,15). The number of carbonyl (C=O) groups is 1. The summed E-state index contributed by atoms with van der Waals surface area (Å²) >= 11 is 0. The van der Waals surface area contributed by atoms with Gasteiger partial charge in [-0.3, -0.25) is 9.48 Å². The minimum atomic E-state index is -0.0828. The van der Waals surface area contributed by atoms with Crippen LogP contribution in [0.15, 0.2) is 12.3 Å². The lowest BCUT2D eigenvalue weighted by Crippen LogP contribution is -2.35. The average Bonchev–Trinajstić information content (AvgIpc) is 2.58. The lowest BCUT2D eigenvalue weighted by Gasteiger charge is -2.08. The fraction of sp³-hybridized carbons (Fsp3) is 0.600. The number of hydrogen-bond acceptors (Lipinski definition) is 3.